The second kappa shape index (κ2) is 7.56. The Labute approximate surface area is 124 Å². The Morgan fingerprint density at radius 3 is 2.30 bits per heavy atom. The molecule has 7 nitrogen and oxygen atoms in total. The molecule has 0 saturated heterocycles. The molecule has 1 aromatic carbocycles. The number of alkyl halides is 2. The Morgan fingerprint density at radius 2 is 1.80 bits per heavy atom. The lowest BCUT2D eigenvalue weighted by molar-refractivity contribution is -0.141. The van der Waals surface area contributed by atoms with Gasteiger partial charge in [0.25, 0.3) is 5.91 Å². The molecular formula is C11H11Cl2N3O4. The predicted octanol–water partition coefficient (Wildman–Crippen LogP) is 0.518. The summed E-state index contributed by atoms with van der Waals surface area (Å²) in [4.78, 5) is 24.6. The lowest BCUT2D eigenvalue weighted by Crippen LogP contribution is -2.20. The molecule has 0 heterocycles. The van der Waals surface area contributed by atoms with E-state index < -0.39 is 16.7 Å². The fourth-order valence-corrected chi connectivity index (χ4v) is 1.14. The number of hydrogen-bond donors (Lipinski definition) is 2. The van der Waals surface area contributed by atoms with Crippen molar-refractivity contribution in [1.29, 1.82) is 0 Å². The zero-order chi connectivity index (χ0) is 15.1. The lowest BCUT2D eigenvalue weighted by Gasteiger charge is -2.05. The summed E-state index contributed by atoms with van der Waals surface area (Å²) in [6.07, 6.45) is 0. The van der Waals surface area contributed by atoms with Crippen molar-refractivity contribution in [1.82, 2.24) is 0 Å². The quantitative estimate of drug-likeness (QED) is 0.260. The van der Waals surface area contributed by atoms with Gasteiger partial charge in [-0.1, -0.05) is 28.4 Å². The Bertz CT molecular complexity index is 517. The van der Waals surface area contributed by atoms with E-state index in [9.17, 15) is 9.59 Å². The number of benzene rings is 1. The van der Waals surface area contributed by atoms with Crippen LogP contribution in [0.1, 0.15) is 5.56 Å². The molecule has 0 fully saturated rings. The topological polar surface area (TPSA) is 117 Å². The van der Waals surface area contributed by atoms with Crippen molar-refractivity contribution in [3.63, 3.8) is 0 Å². The van der Waals surface area contributed by atoms with E-state index in [1.165, 1.54) is 0 Å². The van der Waals surface area contributed by atoms with Crippen molar-refractivity contribution in [2.45, 2.75) is 4.84 Å². The van der Waals surface area contributed by atoms with Crippen molar-refractivity contribution in [3.05, 3.63) is 29.8 Å². The number of carbonyl (C=O) groups excluding carboxylic acids is 2. The highest BCUT2D eigenvalue weighted by molar-refractivity contribution is 6.52. The van der Waals surface area contributed by atoms with Gasteiger partial charge in [0.05, 0.1) is 0 Å². The number of ether oxygens (including phenoxy) is 1. The van der Waals surface area contributed by atoms with Gasteiger partial charge in [-0.25, -0.2) is 4.79 Å². The third-order valence-electron chi connectivity index (χ3n) is 1.94. The molecule has 0 spiro atoms. The molecule has 0 aliphatic heterocycles. The standard InChI is InChI=1S/C11H11Cl2N3O4/c12-9(13)11(18)20-16-10(15)6-1-3-7(4-2-6)19-5-8(14)17/h1-4,9H,5H2,(H2,14,17)(H2,15,16). The summed E-state index contributed by atoms with van der Waals surface area (Å²) >= 11 is 10.5. The first-order chi connectivity index (χ1) is 9.40. The van der Waals surface area contributed by atoms with Crippen molar-refractivity contribution in [2.75, 3.05) is 6.61 Å². The van der Waals surface area contributed by atoms with Gasteiger partial charge < -0.3 is 21.0 Å². The van der Waals surface area contributed by atoms with E-state index in [4.69, 9.17) is 39.4 Å². The number of halogens is 2. The molecule has 0 aliphatic rings. The van der Waals surface area contributed by atoms with Gasteiger partial charge in [-0.2, -0.15) is 0 Å². The molecule has 0 saturated carbocycles. The Hall–Kier alpha value is -1.99. The highest BCUT2D eigenvalue weighted by Crippen LogP contribution is 2.12. The van der Waals surface area contributed by atoms with E-state index in [2.05, 4.69) is 9.99 Å². The van der Waals surface area contributed by atoms with E-state index in [0.717, 1.165) is 0 Å². The summed E-state index contributed by atoms with van der Waals surface area (Å²) in [5.41, 5.74) is 11.0. The van der Waals surface area contributed by atoms with Crippen LogP contribution in [0.15, 0.2) is 29.4 Å². The average Bonchev–Trinajstić information content (AvgIpc) is 2.42. The van der Waals surface area contributed by atoms with Gasteiger partial charge in [0.2, 0.25) is 4.84 Å². The van der Waals surface area contributed by atoms with Gasteiger partial charge in [-0.3, -0.25) is 4.79 Å². The Kier molecular flexibility index (Phi) is 6.08. The van der Waals surface area contributed by atoms with Crippen LogP contribution in [-0.4, -0.2) is 29.2 Å². The van der Waals surface area contributed by atoms with Crippen molar-refractivity contribution < 1.29 is 19.2 Å². The molecule has 4 N–H and O–H groups in total. The Balaban J connectivity index is 2.65. The van der Waals surface area contributed by atoms with E-state index in [0.29, 0.717) is 11.3 Å². The predicted molar refractivity (Wildman–Crippen MR) is 73.4 cm³/mol. The van der Waals surface area contributed by atoms with Crippen molar-refractivity contribution in [3.8, 4) is 5.75 Å². The number of oxime groups is 1. The number of amidine groups is 1. The average molecular weight is 320 g/mol. The number of carbonyl (C=O) groups is 2. The monoisotopic (exact) mass is 319 g/mol. The van der Waals surface area contributed by atoms with Crippen LogP contribution in [0.25, 0.3) is 0 Å². The summed E-state index contributed by atoms with van der Waals surface area (Å²) in [5, 5.41) is 3.38. The lowest BCUT2D eigenvalue weighted by atomic mass is 10.2. The first kappa shape index (κ1) is 16.1. The van der Waals surface area contributed by atoms with Crippen LogP contribution in [0.3, 0.4) is 0 Å². The number of nitrogens with two attached hydrogens (primary N) is 2. The number of hydrogen-bond acceptors (Lipinski definition) is 5. The van der Waals surface area contributed by atoms with E-state index in [1.807, 2.05) is 0 Å². The summed E-state index contributed by atoms with van der Waals surface area (Å²) < 4.78 is 5.06. The fourth-order valence-electron chi connectivity index (χ4n) is 1.06. The summed E-state index contributed by atoms with van der Waals surface area (Å²) in [6.45, 7) is -0.229. The second-order valence-corrected chi connectivity index (χ2v) is 4.56. The number of nitrogens with zero attached hydrogens (tertiary/aromatic N) is 1. The molecule has 0 aliphatic carbocycles. The van der Waals surface area contributed by atoms with E-state index in [-0.39, 0.29) is 12.4 Å². The molecule has 108 valence electrons. The highest BCUT2D eigenvalue weighted by Gasteiger charge is 2.13. The largest absolute Gasteiger partial charge is 0.484 e. The molecule has 0 atom stereocenters. The Morgan fingerprint density at radius 1 is 1.20 bits per heavy atom. The smallest absolute Gasteiger partial charge is 0.367 e. The second-order valence-electron chi connectivity index (χ2n) is 3.47. The minimum atomic E-state index is -1.34. The van der Waals surface area contributed by atoms with Crippen LogP contribution in [0.5, 0.6) is 5.75 Å². The van der Waals surface area contributed by atoms with Crippen molar-refractivity contribution in [2.24, 2.45) is 16.6 Å². The molecule has 0 aromatic heterocycles. The zero-order valence-electron chi connectivity index (χ0n) is 10.1. The summed E-state index contributed by atoms with van der Waals surface area (Å²) in [6, 6.07) is 6.21. The summed E-state index contributed by atoms with van der Waals surface area (Å²) in [5.74, 6) is -1.14. The maximum atomic E-state index is 11.0. The van der Waals surface area contributed by atoms with E-state index >= 15 is 0 Å². The van der Waals surface area contributed by atoms with Gasteiger partial charge in [0.15, 0.2) is 12.4 Å². The SMILES string of the molecule is NC(=O)COc1ccc(/C(N)=N/OC(=O)C(Cl)Cl)cc1. The first-order valence-electron chi connectivity index (χ1n) is 5.24. The van der Waals surface area contributed by atoms with Crippen LogP contribution in [0, 0.1) is 0 Å². The van der Waals surface area contributed by atoms with Crippen molar-refractivity contribution >= 4 is 40.9 Å². The van der Waals surface area contributed by atoms with Crippen LogP contribution >= 0.6 is 23.2 Å². The maximum Gasteiger partial charge on any atom is 0.367 e. The number of rotatable bonds is 6. The molecular weight excluding hydrogens is 309 g/mol. The minimum Gasteiger partial charge on any atom is -0.484 e. The van der Waals surface area contributed by atoms with Crippen LogP contribution < -0.4 is 16.2 Å². The third-order valence-corrected chi connectivity index (χ3v) is 2.30. The highest BCUT2D eigenvalue weighted by atomic mass is 35.5. The van der Waals surface area contributed by atoms with Gasteiger partial charge in [0, 0.05) is 5.56 Å². The number of primary amides is 1. The van der Waals surface area contributed by atoms with Crippen LogP contribution in [0.4, 0.5) is 0 Å². The number of amides is 1. The normalized spacial score (nSPS) is 11.2. The summed E-state index contributed by atoms with van der Waals surface area (Å²) in [7, 11) is 0. The van der Waals surface area contributed by atoms with Crippen LogP contribution in [-0.2, 0) is 14.4 Å². The molecule has 20 heavy (non-hydrogen) atoms. The molecule has 9 heteroatoms. The molecule has 0 unspecified atom stereocenters. The van der Waals surface area contributed by atoms with Gasteiger partial charge in [0.1, 0.15) is 5.75 Å². The zero-order valence-corrected chi connectivity index (χ0v) is 11.6. The van der Waals surface area contributed by atoms with Gasteiger partial charge in [-0.15, -0.1) is 0 Å². The molecule has 1 rings (SSSR count). The fraction of sp³-hybridized carbons (Fsp3) is 0.182. The first-order valence-corrected chi connectivity index (χ1v) is 6.11. The third kappa shape index (κ3) is 5.33. The minimum absolute atomic E-state index is 0.0474. The van der Waals surface area contributed by atoms with E-state index in [1.54, 1.807) is 24.3 Å². The van der Waals surface area contributed by atoms with Gasteiger partial charge in [-0.05, 0) is 24.3 Å². The molecule has 1 aromatic rings. The maximum absolute atomic E-state index is 11.0. The molecule has 0 bridgehead atoms. The molecule has 0 radical (unpaired) electrons. The van der Waals surface area contributed by atoms with Gasteiger partial charge >= 0.3 is 5.97 Å². The molecule has 1 amide bonds. The van der Waals surface area contributed by atoms with Crippen LogP contribution in [0.2, 0.25) is 0 Å².